The zero-order chi connectivity index (χ0) is 15.2. The van der Waals surface area contributed by atoms with Gasteiger partial charge in [0.1, 0.15) is 11.4 Å². The van der Waals surface area contributed by atoms with E-state index in [2.05, 4.69) is 31.2 Å². The second kappa shape index (κ2) is 7.38. The van der Waals surface area contributed by atoms with Gasteiger partial charge in [-0.05, 0) is 30.3 Å². The van der Waals surface area contributed by atoms with Gasteiger partial charge in [-0.2, -0.15) is 0 Å². The van der Waals surface area contributed by atoms with Crippen LogP contribution in [0.15, 0.2) is 35.1 Å². The Morgan fingerprint density at radius 1 is 1.19 bits per heavy atom. The van der Waals surface area contributed by atoms with E-state index in [-0.39, 0.29) is 6.04 Å². The molecular weight excluding hydrogens is 334 g/mol. The highest BCUT2D eigenvalue weighted by Crippen LogP contribution is 2.33. The van der Waals surface area contributed by atoms with Crippen molar-refractivity contribution < 1.29 is 9.47 Å². The number of nitrogens with zero attached hydrogens (tertiary/aromatic N) is 2. The lowest BCUT2D eigenvalue weighted by Crippen LogP contribution is -2.24. The summed E-state index contributed by atoms with van der Waals surface area (Å²) in [5.74, 6) is 1.30. The summed E-state index contributed by atoms with van der Waals surface area (Å²) in [6.07, 6.45) is 3.28. The van der Waals surface area contributed by atoms with Crippen molar-refractivity contribution in [3.05, 3.63) is 46.3 Å². The lowest BCUT2D eigenvalue weighted by Gasteiger charge is -2.21. The van der Waals surface area contributed by atoms with E-state index in [1.807, 2.05) is 25.1 Å². The van der Waals surface area contributed by atoms with Gasteiger partial charge in [-0.25, -0.2) is 4.98 Å². The summed E-state index contributed by atoms with van der Waals surface area (Å²) >= 11 is 3.59. The van der Waals surface area contributed by atoms with E-state index >= 15 is 0 Å². The fourth-order valence-electron chi connectivity index (χ4n) is 2.12. The Hall–Kier alpha value is -1.66. The van der Waals surface area contributed by atoms with Crippen LogP contribution in [0.25, 0.3) is 0 Å². The van der Waals surface area contributed by atoms with Crippen LogP contribution in [0.5, 0.6) is 11.6 Å². The first-order chi connectivity index (χ1) is 10.2. The summed E-state index contributed by atoms with van der Waals surface area (Å²) in [6, 6.07) is 5.71. The molecule has 2 aromatic rings. The van der Waals surface area contributed by atoms with Crippen molar-refractivity contribution >= 4 is 15.9 Å². The molecule has 1 N–H and O–H groups in total. The third kappa shape index (κ3) is 3.51. The van der Waals surface area contributed by atoms with E-state index < -0.39 is 0 Å². The Morgan fingerprint density at radius 2 is 1.95 bits per heavy atom. The minimum atomic E-state index is -0.136. The fraction of sp³-hybridized carbons (Fsp3) is 0.333. The molecule has 0 aliphatic rings. The molecule has 2 rings (SSSR count). The van der Waals surface area contributed by atoms with E-state index in [1.165, 1.54) is 0 Å². The summed E-state index contributed by atoms with van der Waals surface area (Å²) in [6.45, 7) is 2.83. The molecule has 21 heavy (non-hydrogen) atoms. The van der Waals surface area contributed by atoms with Crippen molar-refractivity contribution in [3.8, 4) is 11.6 Å². The molecule has 0 saturated heterocycles. The Labute approximate surface area is 132 Å². The molecule has 1 heterocycles. The molecule has 1 unspecified atom stereocenters. The molecule has 1 atom stereocenters. The maximum atomic E-state index is 5.33. The Bertz CT molecular complexity index is 607. The van der Waals surface area contributed by atoms with Crippen molar-refractivity contribution in [2.75, 3.05) is 20.8 Å². The van der Waals surface area contributed by atoms with Crippen LogP contribution in [0.4, 0.5) is 0 Å². The Morgan fingerprint density at radius 3 is 2.62 bits per heavy atom. The van der Waals surface area contributed by atoms with E-state index in [4.69, 9.17) is 9.47 Å². The molecule has 0 spiro atoms. The zero-order valence-corrected chi connectivity index (χ0v) is 13.8. The number of nitrogens with one attached hydrogen (secondary N) is 1. The number of aromatic nitrogens is 2. The fourth-order valence-corrected chi connectivity index (χ4v) is 2.59. The number of hydrogen-bond donors (Lipinski definition) is 1. The van der Waals surface area contributed by atoms with Crippen LogP contribution in [0.2, 0.25) is 0 Å². The first kappa shape index (κ1) is 15.7. The standard InChI is InChI=1S/C15H18BrN3O2/c1-4-17-13(14-15(21-3)19-8-7-18-14)11-9-10(20-2)5-6-12(11)16/h5-9,13,17H,4H2,1-3H3. The van der Waals surface area contributed by atoms with Crippen LogP contribution in [0.3, 0.4) is 0 Å². The quantitative estimate of drug-likeness (QED) is 0.866. The predicted molar refractivity (Wildman–Crippen MR) is 84.8 cm³/mol. The monoisotopic (exact) mass is 351 g/mol. The molecule has 0 fully saturated rings. The third-order valence-corrected chi connectivity index (χ3v) is 3.80. The number of hydrogen-bond acceptors (Lipinski definition) is 5. The molecule has 0 saturated carbocycles. The minimum Gasteiger partial charge on any atom is -0.497 e. The van der Waals surface area contributed by atoms with Crippen LogP contribution >= 0.6 is 15.9 Å². The van der Waals surface area contributed by atoms with Gasteiger partial charge in [-0.15, -0.1) is 0 Å². The molecule has 0 bridgehead atoms. The van der Waals surface area contributed by atoms with Crippen molar-refractivity contribution in [2.24, 2.45) is 0 Å². The first-order valence-electron chi connectivity index (χ1n) is 6.63. The second-order valence-electron chi connectivity index (χ2n) is 4.33. The second-order valence-corrected chi connectivity index (χ2v) is 5.18. The maximum Gasteiger partial charge on any atom is 0.237 e. The molecule has 5 nitrogen and oxygen atoms in total. The summed E-state index contributed by atoms with van der Waals surface area (Å²) < 4.78 is 11.6. The number of ether oxygens (including phenoxy) is 2. The zero-order valence-electron chi connectivity index (χ0n) is 12.3. The Balaban J connectivity index is 2.53. The maximum absolute atomic E-state index is 5.33. The van der Waals surface area contributed by atoms with Crippen LogP contribution in [-0.2, 0) is 0 Å². The van der Waals surface area contributed by atoms with Gasteiger partial charge in [0, 0.05) is 16.9 Å². The van der Waals surface area contributed by atoms with Gasteiger partial charge in [0.05, 0.1) is 20.3 Å². The summed E-state index contributed by atoms with van der Waals surface area (Å²) in [5, 5.41) is 3.41. The van der Waals surface area contributed by atoms with Gasteiger partial charge in [-0.3, -0.25) is 4.98 Å². The minimum absolute atomic E-state index is 0.136. The number of rotatable bonds is 6. The van der Waals surface area contributed by atoms with Crippen molar-refractivity contribution in [2.45, 2.75) is 13.0 Å². The van der Waals surface area contributed by atoms with Crippen LogP contribution in [0.1, 0.15) is 24.2 Å². The van der Waals surface area contributed by atoms with Gasteiger partial charge in [0.2, 0.25) is 5.88 Å². The highest BCUT2D eigenvalue weighted by molar-refractivity contribution is 9.10. The van der Waals surface area contributed by atoms with E-state index in [9.17, 15) is 0 Å². The van der Waals surface area contributed by atoms with Gasteiger partial charge < -0.3 is 14.8 Å². The van der Waals surface area contributed by atoms with E-state index in [0.29, 0.717) is 5.88 Å². The Kier molecular flexibility index (Phi) is 5.52. The van der Waals surface area contributed by atoms with Crippen molar-refractivity contribution in [3.63, 3.8) is 0 Å². The molecule has 112 valence electrons. The third-order valence-electron chi connectivity index (χ3n) is 3.08. The van der Waals surface area contributed by atoms with Crippen LogP contribution < -0.4 is 14.8 Å². The number of halogens is 1. The molecule has 0 aliphatic heterocycles. The number of benzene rings is 1. The topological polar surface area (TPSA) is 56.3 Å². The highest BCUT2D eigenvalue weighted by Gasteiger charge is 2.22. The van der Waals surface area contributed by atoms with Crippen molar-refractivity contribution in [1.29, 1.82) is 0 Å². The summed E-state index contributed by atoms with van der Waals surface area (Å²) in [5.41, 5.74) is 1.77. The molecule has 0 radical (unpaired) electrons. The van der Waals surface area contributed by atoms with E-state index in [1.54, 1.807) is 26.6 Å². The van der Waals surface area contributed by atoms with Gasteiger partial charge >= 0.3 is 0 Å². The first-order valence-corrected chi connectivity index (χ1v) is 7.42. The van der Waals surface area contributed by atoms with Gasteiger partial charge in [-0.1, -0.05) is 22.9 Å². The summed E-state index contributed by atoms with van der Waals surface area (Å²) in [4.78, 5) is 8.66. The van der Waals surface area contributed by atoms with Gasteiger partial charge in [0.15, 0.2) is 0 Å². The van der Waals surface area contributed by atoms with Crippen LogP contribution in [0, 0.1) is 0 Å². The molecular formula is C15H18BrN3O2. The van der Waals surface area contributed by atoms with Crippen molar-refractivity contribution in [1.82, 2.24) is 15.3 Å². The van der Waals surface area contributed by atoms with Gasteiger partial charge in [0.25, 0.3) is 0 Å². The van der Waals surface area contributed by atoms with Crippen LogP contribution in [-0.4, -0.2) is 30.7 Å². The van der Waals surface area contributed by atoms with E-state index in [0.717, 1.165) is 28.0 Å². The molecule has 1 aromatic carbocycles. The molecule has 0 aliphatic carbocycles. The SMILES string of the molecule is CCNC(c1cc(OC)ccc1Br)c1nccnc1OC. The number of methoxy groups -OCH3 is 2. The average molecular weight is 352 g/mol. The molecule has 6 heteroatoms. The smallest absolute Gasteiger partial charge is 0.237 e. The summed E-state index contributed by atoms with van der Waals surface area (Å²) in [7, 11) is 3.25. The normalized spacial score (nSPS) is 12.0. The highest BCUT2D eigenvalue weighted by atomic mass is 79.9. The largest absolute Gasteiger partial charge is 0.497 e. The molecule has 1 aromatic heterocycles. The molecule has 0 amide bonds. The predicted octanol–water partition coefficient (Wildman–Crippen LogP) is 2.96. The lowest BCUT2D eigenvalue weighted by atomic mass is 10.0. The lowest BCUT2D eigenvalue weighted by molar-refractivity contribution is 0.382. The average Bonchev–Trinajstić information content (AvgIpc) is 2.53.